The van der Waals surface area contributed by atoms with E-state index in [-0.39, 0.29) is 5.75 Å². The van der Waals surface area contributed by atoms with Crippen LogP contribution < -0.4 is 9.47 Å². The summed E-state index contributed by atoms with van der Waals surface area (Å²) in [4.78, 5) is 9.00. The average Bonchev–Trinajstić information content (AvgIpc) is 2.78. The first-order valence-corrected chi connectivity index (χ1v) is 8.58. The Morgan fingerprint density at radius 3 is 2.48 bits per heavy atom. The van der Waals surface area contributed by atoms with Crippen molar-refractivity contribution in [1.29, 1.82) is 0 Å². The smallest absolute Gasteiger partial charge is 0.454 e. The number of piperazine rings is 1. The number of alkyl halides is 3. The number of rotatable bonds is 1. The van der Waals surface area contributed by atoms with E-state index < -0.39 is 6.36 Å². The van der Waals surface area contributed by atoms with E-state index in [2.05, 4.69) is 14.5 Å². The van der Waals surface area contributed by atoms with Crippen LogP contribution in [0.2, 0.25) is 0 Å². The van der Waals surface area contributed by atoms with E-state index in [0.29, 0.717) is 28.6 Å². The summed E-state index contributed by atoms with van der Waals surface area (Å²) in [7, 11) is 2.04. The standard InChI is InChI=1S/C19H18F3N3O2/c1-24-8-10-25(11-9-24)18-14-12-13(27-19(20,21)22)6-7-16(14)26-17-5-3-2-4-15(17)23-18/h2-7,12H,8-11H2,1H3. The zero-order valence-electron chi connectivity index (χ0n) is 14.7. The molecule has 0 radical (unpaired) electrons. The van der Waals surface area contributed by atoms with Gasteiger partial charge in [-0.25, -0.2) is 4.99 Å². The SMILES string of the molecule is CN1CCN(C2=Nc3ccccc3Oc3ccc(OC(F)(F)F)cc32)CC1. The van der Waals surface area contributed by atoms with Gasteiger partial charge in [0.2, 0.25) is 0 Å². The zero-order valence-corrected chi connectivity index (χ0v) is 14.7. The van der Waals surface area contributed by atoms with Crippen LogP contribution in [0.3, 0.4) is 0 Å². The molecular weight excluding hydrogens is 359 g/mol. The van der Waals surface area contributed by atoms with Crippen molar-refractivity contribution >= 4 is 11.5 Å². The maximum absolute atomic E-state index is 12.7. The second-order valence-electron chi connectivity index (χ2n) is 6.50. The van der Waals surface area contributed by atoms with Crippen LogP contribution >= 0.6 is 0 Å². The number of likely N-dealkylation sites (N-methyl/N-ethyl adjacent to an activating group) is 1. The van der Waals surface area contributed by atoms with E-state index in [9.17, 15) is 13.2 Å². The van der Waals surface area contributed by atoms with Crippen molar-refractivity contribution in [2.45, 2.75) is 6.36 Å². The molecular formula is C19H18F3N3O2. The molecule has 0 amide bonds. The van der Waals surface area contributed by atoms with Crippen molar-refractivity contribution in [1.82, 2.24) is 9.80 Å². The molecule has 0 saturated carbocycles. The maximum Gasteiger partial charge on any atom is 0.573 e. The lowest BCUT2D eigenvalue weighted by Gasteiger charge is -2.34. The maximum atomic E-state index is 12.7. The molecule has 2 aliphatic rings. The molecule has 2 heterocycles. The average molecular weight is 377 g/mol. The summed E-state index contributed by atoms with van der Waals surface area (Å²) in [5.74, 6) is 1.31. The summed E-state index contributed by atoms with van der Waals surface area (Å²) in [6.45, 7) is 3.13. The van der Waals surface area contributed by atoms with Crippen molar-refractivity contribution in [3.63, 3.8) is 0 Å². The monoisotopic (exact) mass is 377 g/mol. The van der Waals surface area contributed by atoms with Crippen LogP contribution in [-0.2, 0) is 0 Å². The summed E-state index contributed by atoms with van der Waals surface area (Å²) in [6.07, 6.45) is -4.76. The Balaban J connectivity index is 1.79. The third kappa shape index (κ3) is 3.85. The minimum Gasteiger partial charge on any atom is -0.454 e. The van der Waals surface area contributed by atoms with E-state index in [4.69, 9.17) is 9.73 Å². The van der Waals surface area contributed by atoms with Gasteiger partial charge in [-0.2, -0.15) is 0 Å². The number of para-hydroxylation sites is 2. The molecule has 2 aromatic rings. The highest BCUT2D eigenvalue weighted by atomic mass is 19.4. The zero-order chi connectivity index (χ0) is 19.0. The van der Waals surface area contributed by atoms with Gasteiger partial charge >= 0.3 is 6.36 Å². The van der Waals surface area contributed by atoms with Crippen LogP contribution in [0.25, 0.3) is 0 Å². The lowest BCUT2D eigenvalue weighted by molar-refractivity contribution is -0.274. The van der Waals surface area contributed by atoms with Crippen LogP contribution in [0.1, 0.15) is 5.56 Å². The number of benzene rings is 2. The van der Waals surface area contributed by atoms with Gasteiger partial charge in [0.05, 0.1) is 5.56 Å². The summed E-state index contributed by atoms with van der Waals surface area (Å²) >= 11 is 0. The Bertz CT molecular complexity index is 875. The molecule has 5 nitrogen and oxygen atoms in total. The van der Waals surface area contributed by atoms with E-state index in [1.54, 1.807) is 6.07 Å². The second kappa shape index (κ2) is 6.77. The summed E-state index contributed by atoms with van der Waals surface area (Å²) in [5.41, 5.74) is 1.12. The van der Waals surface area contributed by atoms with Gasteiger partial charge in [0.15, 0.2) is 5.75 Å². The number of halogens is 3. The van der Waals surface area contributed by atoms with Gasteiger partial charge in [-0.15, -0.1) is 13.2 Å². The summed E-state index contributed by atoms with van der Waals surface area (Å²) in [6, 6.07) is 11.4. The van der Waals surface area contributed by atoms with Gasteiger partial charge < -0.3 is 19.3 Å². The molecule has 4 rings (SSSR count). The number of aliphatic imine (C=N–C) groups is 1. The molecule has 2 aliphatic heterocycles. The van der Waals surface area contributed by atoms with Gasteiger partial charge in [-0.1, -0.05) is 12.1 Å². The summed E-state index contributed by atoms with van der Waals surface area (Å²) in [5, 5.41) is 0. The fourth-order valence-corrected chi connectivity index (χ4v) is 3.16. The normalized spacial score (nSPS) is 17.3. The van der Waals surface area contributed by atoms with Gasteiger partial charge in [-0.05, 0) is 37.4 Å². The van der Waals surface area contributed by atoms with Crippen molar-refractivity contribution in [2.24, 2.45) is 4.99 Å². The van der Waals surface area contributed by atoms with Gasteiger partial charge in [0.1, 0.15) is 23.0 Å². The van der Waals surface area contributed by atoms with E-state index in [0.717, 1.165) is 26.2 Å². The number of hydrogen-bond acceptors (Lipinski definition) is 5. The van der Waals surface area contributed by atoms with Crippen molar-refractivity contribution in [3.05, 3.63) is 48.0 Å². The molecule has 0 N–H and O–H groups in total. The Labute approximate surface area is 154 Å². The van der Waals surface area contributed by atoms with Crippen molar-refractivity contribution < 1.29 is 22.6 Å². The highest BCUT2D eigenvalue weighted by molar-refractivity contribution is 6.04. The second-order valence-corrected chi connectivity index (χ2v) is 6.50. The van der Waals surface area contributed by atoms with Crippen LogP contribution in [0.15, 0.2) is 47.5 Å². The van der Waals surface area contributed by atoms with Crippen LogP contribution in [0, 0.1) is 0 Å². The van der Waals surface area contributed by atoms with Crippen LogP contribution in [0.4, 0.5) is 18.9 Å². The molecule has 0 unspecified atom stereocenters. The Morgan fingerprint density at radius 2 is 1.74 bits per heavy atom. The Kier molecular flexibility index (Phi) is 4.43. The van der Waals surface area contributed by atoms with Gasteiger partial charge in [-0.3, -0.25) is 0 Å². The highest BCUT2D eigenvalue weighted by Gasteiger charge is 2.32. The molecule has 0 spiro atoms. The largest absolute Gasteiger partial charge is 0.573 e. The third-order valence-corrected chi connectivity index (χ3v) is 4.54. The molecule has 0 aromatic heterocycles. The fraction of sp³-hybridized carbons (Fsp3) is 0.316. The predicted octanol–water partition coefficient (Wildman–Crippen LogP) is 4.02. The molecule has 0 aliphatic carbocycles. The van der Waals surface area contributed by atoms with Gasteiger partial charge in [0.25, 0.3) is 0 Å². The molecule has 2 aromatic carbocycles. The number of fused-ring (bicyclic) bond motifs is 2. The third-order valence-electron chi connectivity index (χ3n) is 4.54. The van der Waals surface area contributed by atoms with E-state index in [1.165, 1.54) is 18.2 Å². The van der Waals surface area contributed by atoms with E-state index in [1.807, 2.05) is 25.2 Å². The number of amidine groups is 1. The molecule has 1 fully saturated rings. The van der Waals surface area contributed by atoms with E-state index >= 15 is 0 Å². The lowest BCUT2D eigenvalue weighted by Crippen LogP contribution is -2.47. The number of ether oxygens (including phenoxy) is 2. The lowest BCUT2D eigenvalue weighted by atomic mass is 10.1. The molecule has 8 heteroatoms. The Morgan fingerprint density at radius 1 is 1.00 bits per heavy atom. The Hall–Kier alpha value is -2.74. The number of nitrogens with zero attached hydrogens (tertiary/aromatic N) is 3. The minimum absolute atomic E-state index is 0.294. The van der Waals surface area contributed by atoms with Crippen molar-refractivity contribution in [3.8, 4) is 17.2 Å². The molecule has 0 bridgehead atoms. The molecule has 0 atom stereocenters. The molecule has 1 saturated heterocycles. The van der Waals surface area contributed by atoms with Crippen LogP contribution in [-0.4, -0.2) is 55.2 Å². The summed E-state index contributed by atoms with van der Waals surface area (Å²) < 4.78 is 48.0. The quantitative estimate of drug-likeness (QED) is 0.752. The topological polar surface area (TPSA) is 37.3 Å². The number of hydrogen-bond donors (Lipinski definition) is 0. The van der Waals surface area contributed by atoms with Gasteiger partial charge in [0, 0.05) is 26.2 Å². The predicted molar refractivity (Wildman–Crippen MR) is 94.9 cm³/mol. The first-order chi connectivity index (χ1) is 12.9. The first kappa shape index (κ1) is 17.7. The molecule has 142 valence electrons. The molecule has 27 heavy (non-hydrogen) atoms. The highest BCUT2D eigenvalue weighted by Crippen LogP contribution is 2.39. The minimum atomic E-state index is -4.76. The van der Waals surface area contributed by atoms with Crippen LogP contribution in [0.5, 0.6) is 17.2 Å². The fourth-order valence-electron chi connectivity index (χ4n) is 3.16. The first-order valence-electron chi connectivity index (χ1n) is 8.58. The van der Waals surface area contributed by atoms with Crippen molar-refractivity contribution in [2.75, 3.05) is 33.2 Å².